The topological polar surface area (TPSA) is 26.3 Å². The highest BCUT2D eigenvalue weighted by Gasteiger charge is 2.01. The second-order valence-electron chi connectivity index (χ2n) is 6.55. The van der Waals surface area contributed by atoms with Crippen LogP contribution in [0.2, 0.25) is 0 Å². The first kappa shape index (κ1) is 22.0. The van der Waals surface area contributed by atoms with Crippen molar-refractivity contribution in [2.45, 2.75) is 71.1 Å². The van der Waals surface area contributed by atoms with Gasteiger partial charge in [0.1, 0.15) is 5.75 Å². The summed E-state index contributed by atoms with van der Waals surface area (Å²) in [5, 5.41) is 0. The Morgan fingerprint density at radius 3 is 2.50 bits per heavy atom. The molecule has 0 fully saturated rings. The van der Waals surface area contributed by atoms with E-state index in [1.54, 1.807) is 6.07 Å². The third-order valence-electron chi connectivity index (χ3n) is 4.18. The lowest BCUT2D eigenvalue weighted by Crippen LogP contribution is -2.03. The Bertz CT molecular complexity index is 569. The molecule has 2 heteroatoms. The van der Waals surface area contributed by atoms with Gasteiger partial charge in [-0.05, 0) is 56.2 Å². The molecule has 142 valence electrons. The lowest BCUT2D eigenvalue weighted by molar-refractivity contribution is -0.128. The average molecular weight is 355 g/mol. The minimum Gasteiger partial charge on any atom is -0.423 e. The Morgan fingerprint density at radius 1 is 1.00 bits per heavy atom. The summed E-state index contributed by atoms with van der Waals surface area (Å²) < 4.78 is 5.16. The summed E-state index contributed by atoms with van der Waals surface area (Å²) in [5.41, 5.74) is 1.22. The fourth-order valence-electron chi connectivity index (χ4n) is 2.72. The Labute approximate surface area is 159 Å². The third-order valence-corrected chi connectivity index (χ3v) is 4.18. The molecule has 0 amide bonds. The number of aryl methyl sites for hydroxylation is 1. The van der Waals surface area contributed by atoms with Gasteiger partial charge in [-0.2, -0.15) is 0 Å². The molecule has 1 rings (SSSR count). The maximum absolute atomic E-state index is 11.2. The minimum atomic E-state index is -0.409. The molecule has 2 nitrogen and oxygen atoms in total. The zero-order valence-corrected chi connectivity index (χ0v) is 16.3. The number of carbonyl (C=O) groups excluding carboxylic acids is 1. The van der Waals surface area contributed by atoms with Gasteiger partial charge in [0.25, 0.3) is 0 Å². The summed E-state index contributed by atoms with van der Waals surface area (Å²) in [5.74, 6) is 0.192. The summed E-state index contributed by atoms with van der Waals surface area (Å²) in [4.78, 5) is 11.2. The van der Waals surface area contributed by atoms with Crippen LogP contribution in [0.5, 0.6) is 5.75 Å². The standard InChI is InChI=1S/C24H34O2/c1-3-5-6-7-8-9-10-11-12-13-14-15-16-18-22-19-17-20-23(21-22)26-24(25)4-2/h4,6-7,9-10,17,19-21H,2-3,5,8,11-16,18H2,1H3/b7-6-,10-9-. The second kappa shape index (κ2) is 15.2. The highest BCUT2D eigenvalue weighted by molar-refractivity contribution is 5.83. The summed E-state index contributed by atoms with van der Waals surface area (Å²) >= 11 is 0. The highest BCUT2D eigenvalue weighted by atomic mass is 16.5. The van der Waals surface area contributed by atoms with Crippen molar-refractivity contribution < 1.29 is 9.53 Å². The summed E-state index contributed by atoms with van der Waals surface area (Å²) in [6.45, 7) is 5.62. The number of carbonyl (C=O) groups is 1. The lowest BCUT2D eigenvalue weighted by atomic mass is 10.0. The van der Waals surface area contributed by atoms with Crippen LogP contribution in [0.4, 0.5) is 0 Å². The van der Waals surface area contributed by atoms with E-state index < -0.39 is 5.97 Å². The monoisotopic (exact) mass is 354 g/mol. The molecular formula is C24H34O2. The van der Waals surface area contributed by atoms with E-state index in [0.717, 1.165) is 12.8 Å². The van der Waals surface area contributed by atoms with Crippen LogP contribution in [0.25, 0.3) is 0 Å². The smallest absolute Gasteiger partial charge is 0.335 e. The van der Waals surface area contributed by atoms with Crippen LogP contribution in [-0.2, 0) is 11.2 Å². The molecule has 0 aliphatic carbocycles. The van der Waals surface area contributed by atoms with Gasteiger partial charge in [0.2, 0.25) is 0 Å². The fraction of sp³-hybridized carbons (Fsp3) is 0.458. The normalized spacial score (nSPS) is 11.3. The van der Waals surface area contributed by atoms with Crippen LogP contribution < -0.4 is 4.74 Å². The lowest BCUT2D eigenvalue weighted by Gasteiger charge is -2.05. The molecule has 0 spiro atoms. The van der Waals surface area contributed by atoms with E-state index in [4.69, 9.17) is 4.74 Å². The number of ether oxygens (including phenoxy) is 1. The molecule has 26 heavy (non-hydrogen) atoms. The Hall–Kier alpha value is -2.09. The van der Waals surface area contributed by atoms with Crippen LogP contribution in [0.1, 0.15) is 70.3 Å². The SMILES string of the molecule is C=CC(=O)Oc1cccc(CCCCCCC/C=C\C/C=C\CCC)c1. The van der Waals surface area contributed by atoms with Crippen LogP contribution in [0, 0.1) is 0 Å². The molecule has 0 radical (unpaired) electrons. The molecule has 0 unspecified atom stereocenters. The average Bonchev–Trinajstić information content (AvgIpc) is 2.65. The van der Waals surface area contributed by atoms with Crippen molar-refractivity contribution in [1.29, 1.82) is 0 Å². The molecule has 0 bridgehead atoms. The maximum atomic E-state index is 11.2. The molecule has 0 heterocycles. The first-order valence-corrected chi connectivity index (χ1v) is 9.99. The van der Waals surface area contributed by atoms with Gasteiger partial charge in [0.15, 0.2) is 0 Å². The van der Waals surface area contributed by atoms with E-state index in [0.29, 0.717) is 5.75 Å². The zero-order valence-electron chi connectivity index (χ0n) is 16.3. The summed E-state index contributed by atoms with van der Waals surface area (Å²) in [7, 11) is 0. The van der Waals surface area contributed by atoms with Crippen molar-refractivity contribution in [2.24, 2.45) is 0 Å². The molecule has 0 atom stereocenters. The molecule has 0 N–H and O–H groups in total. The van der Waals surface area contributed by atoms with Crippen molar-refractivity contribution in [3.63, 3.8) is 0 Å². The number of allylic oxidation sites excluding steroid dienone is 4. The second-order valence-corrected chi connectivity index (χ2v) is 6.55. The zero-order chi connectivity index (χ0) is 18.9. The predicted molar refractivity (Wildman–Crippen MR) is 111 cm³/mol. The van der Waals surface area contributed by atoms with Gasteiger partial charge in [0, 0.05) is 6.08 Å². The fourth-order valence-corrected chi connectivity index (χ4v) is 2.72. The maximum Gasteiger partial charge on any atom is 0.335 e. The van der Waals surface area contributed by atoms with Crippen molar-refractivity contribution in [2.75, 3.05) is 0 Å². The van der Waals surface area contributed by atoms with Gasteiger partial charge in [-0.15, -0.1) is 0 Å². The van der Waals surface area contributed by atoms with Crippen LogP contribution in [-0.4, -0.2) is 5.97 Å². The molecule has 0 saturated carbocycles. The van der Waals surface area contributed by atoms with E-state index in [9.17, 15) is 4.79 Å². The number of benzene rings is 1. The van der Waals surface area contributed by atoms with E-state index >= 15 is 0 Å². The van der Waals surface area contributed by atoms with Gasteiger partial charge in [0.05, 0.1) is 0 Å². The van der Waals surface area contributed by atoms with Crippen LogP contribution >= 0.6 is 0 Å². The third kappa shape index (κ3) is 11.5. The number of esters is 1. The Kier molecular flexibility index (Phi) is 12.8. The van der Waals surface area contributed by atoms with Gasteiger partial charge in [-0.3, -0.25) is 0 Å². The van der Waals surface area contributed by atoms with Gasteiger partial charge < -0.3 is 4.74 Å². The van der Waals surface area contributed by atoms with Crippen LogP contribution in [0.15, 0.2) is 61.2 Å². The molecular weight excluding hydrogens is 320 g/mol. The molecule has 1 aromatic rings. The number of hydrogen-bond acceptors (Lipinski definition) is 2. The van der Waals surface area contributed by atoms with Gasteiger partial charge in [-0.1, -0.05) is 75.6 Å². The molecule has 0 saturated heterocycles. The Balaban J connectivity index is 2.05. The summed E-state index contributed by atoms with van der Waals surface area (Å²) in [6, 6.07) is 7.77. The minimum absolute atomic E-state index is 0.409. The molecule has 1 aromatic carbocycles. The van der Waals surface area contributed by atoms with E-state index in [-0.39, 0.29) is 0 Å². The van der Waals surface area contributed by atoms with E-state index in [1.165, 1.54) is 63.0 Å². The van der Waals surface area contributed by atoms with Gasteiger partial charge >= 0.3 is 5.97 Å². The number of hydrogen-bond donors (Lipinski definition) is 0. The Morgan fingerprint density at radius 2 is 1.73 bits per heavy atom. The first-order chi connectivity index (χ1) is 12.8. The van der Waals surface area contributed by atoms with Crippen molar-refractivity contribution >= 4 is 5.97 Å². The van der Waals surface area contributed by atoms with Crippen LogP contribution in [0.3, 0.4) is 0 Å². The van der Waals surface area contributed by atoms with Crippen molar-refractivity contribution in [3.8, 4) is 5.75 Å². The molecule has 0 aliphatic heterocycles. The van der Waals surface area contributed by atoms with Gasteiger partial charge in [-0.25, -0.2) is 4.79 Å². The predicted octanol–water partition coefficient (Wildman–Crippen LogP) is 6.96. The molecule has 0 aliphatic rings. The molecule has 0 aromatic heterocycles. The highest BCUT2D eigenvalue weighted by Crippen LogP contribution is 2.16. The van der Waals surface area contributed by atoms with E-state index in [1.807, 2.05) is 12.1 Å². The largest absolute Gasteiger partial charge is 0.423 e. The van der Waals surface area contributed by atoms with E-state index in [2.05, 4.69) is 43.9 Å². The number of unbranched alkanes of at least 4 members (excludes halogenated alkanes) is 6. The first-order valence-electron chi connectivity index (χ1n) is 9.99. The summed E-state index contributed by atoms with van der Waals surface area (Å²) in [6.07, 6.45) is 22.3. The quantitative estimate of drug-likeness (QED) is 0.119. The van der Waals surface area contributed by atoms with Crippen molar-refractivity contribution in [3.05, 3.63) is 66.8 Å². The number of rotatable bonds is 14. The van der Waals surface area contributed by atoms with Crippen molar-refractivity contribution in [1.82, 2.24) is 0 Å².